The van der Waals surface area contributed by atoms with E-state index in [1.807, 2.05) is 19.2 Å². The van der Waals surface area contributed by atoms with Gasteiger partial charge in [0, 0.05) is 43.7 Å². The normalized spacial score (nSPS) is 11.3. The number of fused-ring (bicyclic) bond motifs is 3. The van der Waals surface area contributed by atoms with Crippen molar-refractivity contribution in [2.75, 3.05) is 0 Å². The van der Waals surface area contributed by atoms with Crippen LogP contribution in [0.15, 0.2) is 91.3 Å². The second-order valence-corrected chi connectivity index (χ2v) is 8.74. The number of aromatic nitrogens is 4. The van der Waals surface area contributed by atoms with Gasteiger partial charge in [0.1, 0.15) is 5.82 Å². The maximum atomic E-state index is 4.81. The van der Waals surface area contributed by atoms with E-state index in [9.17, 15) is 0 Å². The van der Waals surface area contributed by atoms with E-state index >= 15 is 0 Å². The quantitative estimate of drug-likeness (QED) is 0.305. The zero-order valence-corrected chi connectivity index (χ0v) is 18.2. The molecule has 0 amide bonds. The third-order valence-electron chi connectivity index (χ3n) is 5.52. The minimum atomic E-state index is 0.682. The first-order valence-electron chi connectivity index (χ1n) is 10.4. The highest BCUT2D eigenvalue weighted by Gasteiger charge is 2.11. The molecule has 4 nitrogen and oxygen atoms in total. The van der Waals surface area contributed by atoms with Crippen LogP contribution < -0.4 is 0 Å². The van der Waals surface area contributed by atoms with Crippen molar-refractivity contribution in [3.05, 3.63) is 97.1 Å². The van der Waals surface area contributed by atoms with Gasteiger partial charge < -0.3 is 0 Å². The number of aryl methyl sites for hydroxylation is 1. The average molecular weight is 431 g/mol. The van der Waals surface area contributed by atoms with Crippen LogP contribution in [0.2, 0.25) is 0 Å². The molecule has 3 aromatic heterocycles. The van der Waals surface area contributed by atoms with Crippen molar-refractivity contribution in [1.29, 1.82) is 0 Å². The number of hydrogen-bond acceptors (Lipinski definition) is 5. The Labute approximate surface area is 189 Å². The van der Waals surface area contributed by atoms with E-state index in [-0.39, 0.29) is 0 Å². The average Bonchev–Trinajstić information content (AvgIpc) is 3.22. The molecule has 0 saturated carbocycles. The molecule has 6 aromatic rings. The lowest BCUT2D eigenvalue weighted by Gasteiger charge is -2.07. The second-order valence-electron chi connectivity index (χ2n) is 7.66. The smallest absolute Gasteiger partial charge is 0.163 e. The molecule has 152 valence electrons. The highest BCUT2D eigenvalue weighted by atomic mass is 32.1. The monoisotopic (exact) mass is 430 g/mol. The van der Waals surface area contributed by atoms with Gasteiger partial charge in [-0.1, -0.05) is 60.7 Å². The number of rotatable bonds is 3. The second kappa shape index (κ2) is 7.62. The summed E-state index contributed by atoms with van der Waals surface area (Å²) in [5, 5.41) is 2.56. The molecular weight excluding hydrogens is 412 g/mol. The number of pyridine rings is 1. The first kappa shape index (κ1) is 18.8. The van der Waals surface area contributed by atoms with Crippen LogP contribution in [0.5, 0.6) is 0 Å². The van der Waals surface area contributed by atoms with Crippen LogP contribution in [0.3, 0.4) is 0 Å². The van der Waals surface area contributed by atoms with Gasteiger partial charge >= 0.3 is 0 Å². The van der Waals surface area contributed by atoms with Gasteiger partial charge in [0.2, 0.25) is 0 Å². The van der Waals surface area contributed by atoms with Crippen LogP contribution in [-0.4, -0.2) is 19.9 Å². The Balaban J connectivity index is 1.40. The standard InChI is InChI=1S/C27H18N4S/c1-17-29-26(19-10-8-18(9-11-19)21-5-4-14-28-16-21)31-27(30-17)20-12-13-23-22-6-2-3-7-24(22)32-25(23)15-20/h2-16H,1H3. The first-order chi connectivity index (χ1) is 15.7. The molecule has 0 aliphatic rings. The lowest BCUT2D eigenvalue weighted by Crippen LogP contribution is -1.99. The van der Waals surface area contributed by atoms with Crippen molar-refractivity contribution >= 4 is 31.5 Å². The lowest BCUT2D eigenvalue weighted by molar-refractivity contribution is 0.992. The number of hydrogen-bond donors (Lipinski definition) is 0. The van der Waals surface area contributed by atoms with Crippen molar-refractivity contribution in [3.63, 3.8) is 0 Å². The van der Waals surface area contributed by atoms with Gasteiger partial charge in [-0.3, -0.25) is 4.98 Å². The molecule has 0 saturated heterocycles. The Bertz CT molecular complexity index is 1570. The van der Waals surface area contributed by atoms with Gasteiger partial charge in [0.05, 0.1) is 0 Å². The van der Waals surface area contributed by atoms with Crippen molar-refractivity contribution in [1.82, 2.24) is 19.9 Å². The molecule has 3 heterocycles. The highest BCUT2D eigenvalue weighted by Crippen LogP contribution is 2.35. The van der Waals surface area contributed by atoms with E-state index in [4.69, 9.17) is 4.98 Å². The van der Waals surface area contributed by atoms with E-state index in [0.717, 1.165) is 22.3 Å². The summed E-state index contributed by atoms with van der Waals surface area (Å²) in [5.41, 5.74) is 4.17. The van der Waals surface area contributed by atoms with Crippen LogP contribution in [0.4, 0.5) is 0 Å². The van der Waals surface area contributed by atoms with E-state index in [2.05, 4.69) is 87.7 Å². The fourth-order valence-corrected chi connectivity index (χ4v) is 5.10. The Kier molecular flexibility index (Phi) is 4.47. The highest BCUT2D eigenvalue weighted by molar-refractivity contribution is 7.25. The van der Waals surface area contributed by atoms with Crippen LogP contribution in [0, 0.1) is 6.92 Å². The van der Waals surface area contributed by atoms with Gasteiger partial charge in [0.15, 0.2) is 11.6 Å². The molecule has 0 N–H and O–H groups in total. The summed E-state index contributed by atoms with van der Waals surface area (Å²) >= 11 is 1.80. The Morgan fingerprint density at radius 3 is 2.12 bits per heavy atom. The van der Waals surface area contributed by atoms with Gasteiger partial charge in [-0.2, -0.15) is 0 Å². The molecule has 0 aliphatic carbocycles. The lowest BCUT2D eigenvalue weighted by atomic mass is 10.1. The first-order valence-corrected chi connectivity index (χ1v) is 11.2. The zero-order chi connectivity index (χ0) is 21.5. The summed E-state index contributed by atoms with van der Waals surface area (Å²) in [5.74, 6) is 2.09. The third-order valence-corrected chi connectivity index (χ3v) is 6.66. The van der Waals surface area contributed by atoms with Crippen molar-refractivity contribution in [3.8, 4) is 33.9 Å². The SMILES string of the molecule is Cc1nc(-c2ccc(-c3cccnc3)cc2)nc(-c2ccc3c(c2)sc2ccccc23)n1. The molecule has 0 spiro atoms. The van der Waals surface area contributed by atoms with E-state index < -0.39 is 0 Å². The molecular formula is C27H18N4S. The summed E-state index contributed by atoms with van der Waals surface area (Å²) in [7, 11) is 0. The molecule has 6 rings (SSSR count). The maximum absolute atomic E-state index is 4.81. The summed E-state index contributed by atoms with van der Waals surface area (Å²) in [6, 6.07) is 27.2. The summed E-state index contributed by atoms with van der Waals surface area (Å²) in [6.45, 7) is 1.91. The summed E-state index contributed by atoms with van der Waals surface area (Å²) in [6.07, 6.45) is 3.65. The molecule has 0 atom stereocenters. The predicted molar refractivity (Wildman–Crippen MR) is 132 cm³/mol. The van der Waals surface area contributed by atoms with Gasteiger partial charge in [-0.25, -0.2) is 15.0 Å². The van der Waals surface area contributed by atoms with Crippen LogP contribution in [0.25, 0.3) is 54.1 Å². The number of thiophene rings is 1. The van der Waals surface area contributed by atoms with Gasteiger partial charge in [-0.05, 0) is 36.2 Å². The van der Waals surface area contributed by atoms with Crippen LogP contribution in [0.1, 0.15) is 5.82 Å². The Morgan fingerprint density at radius 1 is 0.594 bits per heavy atom. The molecule has 0 fully saturated rings. The van der Waals surface area contributed by atoms with E-state index in [1.54, 1.807) is 17.5 Å². The maximum Gasteiger partial charge on any atom is 0.163 e. The van der Waals surface area contributed by atoms with E-state index in [0.29, 0.717) is 17.5 Å². The third kappa shape index (κ3) is 3.33. The number of nitrogens with zero attached hydrogens (tertiary/aromatic N) is 4. The summed E-state index contributed by atoms with van der Waals surface area (Å²) in [4.78, 5) is 18.2. The summed E-state index contributed by atoms with van der Waals surface area (Å²) < 4.78 is 2.53. The van der Waals surface area contributed by atoms with Crippen LogP contribution in [-0.2, 0) is 0 Å². The molecule has 0 aliphatic heterocycles. The van der Waals surface area contributed by atoms with Crippen molar-refractivity contribution < 1.29 is 0 Å². The van der Waals surface area contributed by atoms with Gasteiger partial charge in [0.25, 0.3) is 0 Å². The van der Waals surface area contributed by atoms with Crippen LogP contribution >= 0.6 is 11.3 Å². The molecule has 5 heteroatoms. The minimum Gasteiger partial charge on any atom is -0.264 e. The van der Waals surface area contributed by atoms with Crippen molar-refractivity contribution in [2.45, 2.75) is 6.92 Å². The zero-order valence-electron chi connectivity index (χ0n) is 17.4. The molecule has 0 radical (unpaired) electrons. The molecule has 3 aromatic carbocycles. The molecule has 32 heavy (non-hydrogen) atoms. The topological polar surface area (TPSA) is 51.6 Å². The minimum absolute atomic E-state index is 0.682. The number of benzene rings is 3. The fourth-order valence-electron chi connectivity index (χ4n) is 3.95. The van der Waals surface area contributed by atoms with E-state index in [1.165, 1.54) is 20.2 Å². The fraction of sp³-hybridized carbons (Fsp3) is 0.0370. The predicted octanol–water partition coefficient (Wildman–Crippen LogP) is 6.94. The largest absolute Gasteiger partial charge is 0.264 e. The Morgan fingerprint density at radius 2 is 1.31 bits per heavy atom. The Hall–Kier alpha value is -3.96. The molecule has 0 bridgehead atoms. The van der Waals surface area contributed by atoms with Crippen molar-refractivity contribution in [2.24, 2.45) is 0 Å². The van der Waals surface area contributed by atoms with Gasteiger partial charge in [-0.15, -0.1) is 11.3 Å². The molecule has 0 unspecified atom stereocenters.